The summed E-state index contributed by atoms with van der Waals surface area (Å²) in [7, 11) is 1.88. The largest absolute Gasteiger partial charge is 0.373 e. The topological polar surface area (TPSA) is 49.8 Å². The Bertz CT molecular complexity index is 344. The van der Waals surface area contributed by atoms with Crippen molar-refractivity contribution in [3.63, 3.8) is 0 Å². The van der Waals surface area contributed by atoms with Gasteiger partial charge in [-0.15, -0.1) is 0 Å². The molecule has 0 saturated heterocycles. The van der Waals surface area contributed by atoms with Gasteiger partial charge in [-0.2, -0.15) is 0 Å². The fourth-order valence-corrected chi connectivity index (χ4v) is 1.43. The molecule has 1 heterocycles. The fraction of sp³-hybridized carbons (Fsp3) is 0.600. The molecule has 0 unspecified atom stereocenters. The second kappa shape index (κ2) is 3.44. The Balaban J connectivity index is 2.31. The quantitative estimate of drug-likeness (QED) is 0.765. The molecule has 1 aromatic heterocycles. The number of hydrogen-bond acceptors (Lipinski definition) is 4. The van der Waals surface area contributed by atoms with Gasteiger partial charge < -0.3 is 10.6 Å². The smallest absolute Gasteiger partial charge is 0.134 e. The van der Waals surface area contributed by atoms with Crippen molar-refractivity contribution >= 4 is 11.6 Å². The number of nitrogens with one attached hydrogen (secondary N) is 2. The molecule has 0 amide bonds. The number of hydrogen-bond donors (Lipinski definition) is 2. The Morgan fingerprint density at radius 2 is 1.79 bits per heavy atom. The van der Waals surface area contributed by atoms with Crippen LogP contribution in [-0.2, 0) is 0 Å². The Labute approximate surface area is 84.2 Å². The molecular formula is C10H16N4. The van der Waals surface area contributed by atoms with E-state index in [0.717, 1.165) is 23.0 Å². The number of nitrogens with zero attached hydrogens (tertiary/aromatic N) is 2. The molecule has 0 atom stereocenters. The van der Waals surface area contributed by atoms with Gasteiger partial charge in [0.1, 0.15) is 17.5 Å². The second-order valence-corrected chi connectivity index (χ2v) is 3.76. The summed E-state index contributed by atoms with van der Waals surface area (Å²) in [5, 5.41) is 6.49. The third kappa shape index (κ3) is 1.78. The first-order valence-corrected chi connectivity index (χ1v) is 5.00. The number of aromatic nitrogens is 2. The number of rotatable bonds is 3. The summed E-state index contributed by atoms with van der Waals surface area (Å²) in [6.07, 6.45) is 2.52. The van der Waals surface area contributed by atoms with Gasteiger partial charge in [0.05, 0.1) is 0 Å². The molecule has 0 radical (unpaired) electrons. The Kier molecular flexibility index (Phi) is 2.27. The fourth-order valence-electron chi connectivity index (χ4n) is 1.43. The van der Waals surface area contributed by atoms with E-state index in [1.165, 1.54) is 12.8 Å². The zero-order chi connectivity index (χ0) is 10.1. The molecule has 2 rings (SSSR count). The average Bonchev–Trinajstić information content (AvgIpc) is 2.94. The molecular weight excluding hydrogens is 176 g/mol. The Hall–Kier alpha value is -1.32. The van der Waals surface area contributed by atoms with E-state index in [1.54, 1.807) is 0 Å². The monoisotopic (exact) mass is 192 g/mol. The van der Waals surface area contributed by atoms with Crippen LogP contribution >= 0.6 is 0 Å². The highest BCUT2D eigenvalue weighted by Gasteiger charge is 2.22. The van der Waals surface area contributed by atoms with Gasteiger partial charge in [0.25, 0.3) is 0 Å². The van der Waals surface area contributed by atoms with Crippen LogP contribution in [-0.4, -0.2) is 23.1 Å². The predicted octanol–water partition coefficient (Wildman–Crippen LogP) is 1.71. The molecule has 0 bridgehead atoms. The summed E-state index contributed by atoms with van der Waals surface area (Å²) in [5.74, 6) is 2.70. The third-order valence-electron chi connectivity index (χ3n) is 2.41. The number of anilines is 2. The van der Waals surface area contributed by atoms with Crippen LogP contribution in [0.25, 0.3) is 0 Å². The second-order valence-electron chi connectivity index (χ2n) is 3.76. The highest BCUT2D eigenvalue weighted by molar-refractivity contribution is 5.57. The number of aryl methyl sites for hydroxylation is 1. The minimum Gasteiger partial charge on any atom is -0.373 e. The van der Waals surface area contributed by atoms with Crippen molar-refractivity contribution in [2.45, 2.75) is 32.7 Å². The highest BCUT2D eigenvalue weighted by atomic mass is 15.1. The molecule has 4 nitrogen and oxygen atoms in total. The minimum atomic E-state index is 0.632. The van der Waals surface area contributed by atoms with Crippen LogP contribution in [0.5, 0.6) is 0 Å². The van der Waals surface area contributed by atoms with E-state index in [0.29, 0.717) is 6.04 Å². The van der Waals surface area contributed by atoms with Gasteiger partial charge in [-0.1, -0.05) is 0 Å². The van der Waals surface area contributed by atoms with Crippen LogP contribution in [0.3, 0.4) is 0 Å². The molecule has 0 aliphatic heterocycles. The van der Waals surface area contributed by atoms with Crippen molar-refractivity contribution in [1.82, 2.24) is 9.97 Å². The third-order valence-corrected chi connectivity index (χ3v) is 2.41. The van der Waals surface area contributed by atoms with E-state index in [4.69, 9.17) is 0 Å². The molecule has 1 aromatic rings. The van der Waals surface area contributed by atoms with Gasteiger partial charge in [-0.3, -0.25) is 0 Å². The maximum Gasteiger partial charge on any atom is 0.134 e. The first-order chi connectivity index (χ1) is 6.70. The molecule has 2 N–H and O–H groups in total. The summed E-state index contributed by atoms with van der Waals surface area (Å²) in [5.41, 5.74) is 1.10. The van der Waals surface area contributed by atoms with Crippen LogP contribution in [0.4, 0.5) is 11.6 Å². The van der Waals surface area contributed by atoms with E-state index in [2.05, 4.69) is 20.6 Å². The van der Waals surface area contributed by atoms with Gasteiger partial charge >= 0.3 is 0 Å². The lowest BCUT2D eigenvalue weighted by atomic mass is 10.3. The van der Waals surface area contributed by atoms with Crippen LogP contribution in [0.15, 0.2) is 0 Å². The van der Waals surface area contributed by atoms with Gasteiger partial charge in [0, 0.05) is 18.7 Å². The molecule has 1 aliphatic carbocycles. The normalized spacial score (nSPS) is 15.4. The van der Waals surface area contributed by atoms with Crippen molar-refractivity contribution < 1.29 is 0 Å². The first kappa shape index (κ1) is 9.24. The summed E-state index contributed by atoms with van der Waals surface area (Å²) in [6, 6.07) is 0.632. The van der Waals surface area contributed by atoms with E-state index < -0.39 is 0 Å². The minimum absolute atomic E-state index is 0.632. The summed E-state index contributed by atoms with van der Waals surface area (Å²) < 4.78 is 0. The van der Waals surface area contributed by atoms with Crippen LogP contribution in [0, 0.1) is 13.8 Å². The van der Waals surface area contributed by atoms with Crippen molar-refractivity contribution in [3.8, 4) is 0 Å². The molecule has 0 aromatic carbocycles. The molecule has 76 valence electrons. The van der Waals surface area contributed by atoms with Crippen molar-refractivity contribution in [1.29, 1.82) is 0 Å². The van der Waals surface area contributed by atoms with Crippen LogP contribution in [0.1, 0.15) is 24.2 Å². The maximum absolute atomic E-state index is 4.40. The lowest BCUT2D eigenvalue weighted by Crippen LogP contribution is -2.09. The zero-order valence-corrected chi connectivity index (χ0v) is 8.89. The Morgan fingerprint density at radius 1 is 1.14 bits per heavy atom. The maximum atomic E-state index is 4.40. The zero-order valence-electron chi connectivity index (χ0n) is 8.89. The van der Waals surface area contributed by atoms with E-state index >= 15 is 0 Å². The first-order valence-electron chi connectivity index (χ1n) is 5.00. The van der Waals surface area contributed by atoms with E-state index in [-0.39, 0.29) is 0 Å². The predicted molar refractivity (Wildman–Crippen MR) is 57.7 cm³/mol. The molecule has 14 heavy (non-hydrogen) atoms. The molecule has 1 fully saturated rings. The van der Waals surface area contributed by atoms with Gasteiger partial charge in [-0.25, -0.2) is 9.97 Å². The molecule has 0 spiro atoms. The van der Waals surface area contributed by atoms with Crippen molar-refractivity contribution in [2.24, 2.45) is 0 Å². The van der Waals surface area contributed by atoms with Crippen molar-refractivity contribution in [2.75, 3.05) is 17.7 Å². The Morgan fingerprint density at radius 3 is 2.36 bits per heavy atom. The van der Waals surface area contributed by atoms with Crippen LogP contribution < -0.4 is 10.6 Å². The van der Waals surface area contributed by atoms with Gasteiger partial charge in [-0.05, 0) is 26.7 Å². The standard InChI is InChI=1S/C10H16N4/c1-6-9(11-3)12-7(2)13-10(6)14-8-4-5-8/h8H,4-5H2,1-3H3,(H2,11,12,13,14). The van der Waals surface area contributed by atoms with Gasteiger partial charge in [0.15, 0.2) is 0 Å². The average molecular weight is 192 g/mol. The highest BCUT2D eigenvalue weighted by Crippen LogP contribution is 2.27. The summed E-state index contributed by atoms with van der Waals surface area (Å²) in [6.45, 7) is 3.95. The lowest BCUT2D eigenvalue weighted by Gasteiger charge is -2.11. The molecule has 1 saturated carbocycles. The van der Waals surface area contributed by atoms with E-state index in [9.17, 15) is 0 Å². The summed E-state index contributed by atoms with van der Waals surface area (Å²) >= 11 is 0. The molecule has 1 aliphatic rings. The summed E-state index contributed by atoms with van der Waals surface area (Å²) in [4.78, 5) is 8.72. The van der Waals surface area contributed by atoms with Gasteiger partial charge in [0.2, 0.25) is 0 Å². The van der Waals surface area contributed by atoms with Crippen LogP contribution in [0.2, 0.25) is 0 Å². The lowest BCUT2D eigenvalue weighted by molar-refractivity contribution is 1.00. The SMILES string of the molecule is CNc1nc(C)nc(NC2CC2)c1C. The van der Waals surface area contributed by atoms with Crippen molar-refractivity contribution in [3.05, 3.63) is 11.4 Å². The van der Waals surface area contributed by atoms with E-state index in [1.807, 2.05) is 20.9 Å². The molecule has 4 heteroatoms.